The highest BCUT2D eigenvalue weighted by molar-refractivity contribution is 5.94. The molecule has 1 N–H and O–H groups in total. The summed E-state index contributed by atoms with van der Waals surface area (Å²) in [4.78, 5) is 29.3. The zero-order chi connectivity index (χ0) is 14.5. The minimum absolute atomic E-state index is 0.0904. The number of aromatic nitrogens is 1. The number of pyridine rings is 1. The number of carboxylic acid groups (broad SMARTS) is 1. The summed E-state index contributed by atoms with van der Waals surface area (Å²) in [5.41, 5.74) is 0.574. The van der Waals surface area contributed by atoms with Gasteiger partial charge in [-0.2, -0.15) is 0 Å². The maximum Gasteiger partial charge on any atom is 0.308 e. The first-order chi connectivity index (χ1) is 9.59. The summed E-state index contributed by atoms with van der Waals surface area (Å²) < 4.78 is 0. The molecule has 0 aliphatic heterocycles. The number of carboxylic acids is 1. The summed E-state index contributed by atoms with van der Waals surface area (Å²) in [6.45, 7) is 1.91. The molecular weight excluding hydrogens is 256 g/mol. The van der Waals surface area contributed by atoms with Crippen molar-refractivity contribution in [3.63, 3.8) is 0 Å². The van der Waals surface area contributed by atoms with Crippen LogP contribution in [0.3, 0.4) is 0 Å². The van der Waals surface area contributed by atoms with E-state index in [4.69, 9.17) is 5.11 Å². The van der Waals surface area contributed by atoms with Gasteiger partial charge in [0, 0.05) is 30.5 Å². The molecule has 1 amide bonds. The van der Waals surface area contributed by atoms with Crippen LogP contribution in [0, 0.1) is 5.92 Å². The Balaban J connectivity index is 2.17. The van der Waals surface area contributed by atoms with Crippen molar-refractivity contribution in [2.45, 2.75) is 38.6 Å². The highest BCUT2D eigenvalue weighted by atomic mass is 16.4. The molecule has 0 aromatic carbocycles. The van der Waals surface area contributed by atoms with Crippen LogP contribution in [0.5, 0.6) is 0 Å². The van der Waals surface area contributed by atoms with Crippen molar-refractivity contribution < 1.29 is 14.7 Å². The highest BCUT2D eigenvalue weighted by Gasteiger charge is 2.30. The summed E-state index contributed by atoms with van der Waals surface area (Å²) in [5.74, 6) is -1.51. The Hall–Kier alpha value is -1.91. The Labute approximate surface area is 118 Å². The third-order valence-corrected chi connectivity index (χ3v) is 3.85. The Morgan fingerprint density at radius 3 is 2.50 bits per heavy atom. The summed E-state index contributed by atoms with van der Waals surface area (Å²) >= 11 is 0. The molecule has 0 bridgehead atoms. The molecule has 0 saturated heterocycles. The number of hydrogen-bond donors (Lipinski definition) is 1. The lowest BCUT2D eigenvalue weighted by molar-refractivity contribution is -0.141. The maximum absolute atomic E-state index is 12.6. The lowest BCUT2D eigenvalue weighted by Crippen LogP contribution is -2.43. The van der Waals surface area contributed by atoms with Crippen molar-refractivity contribution in [1.29, 1.82) is 0 Å². The molecule has 1 atom stereocenters. The monoisotopic (exact) mass is 276 g/mol. The second-order valence-corrected chi connectivity index (χ2v) is 5.37. The van der Waals surface area contributed by atoms with E-state index in [1.165, 1.54) is 0 Å². The molecule has 1 unspecified atom stereocenters. The van der Waals surface area contributed by atoms with E-state index in [1.807, 2.05) is 0 Å². The molecule has 1 aromatic heterocycles. The number of aliphatic carboxylic acids is 1. The van der Waals surface area contributed by atoms with Gasteiger partial charge in [0.1, 0.15) is 0 Å². The molecule has 5 heteroatoms. The molecule has 5 nitrogen and oxygen atoms in total. The van der Waals surface area contributed by atoms with Crippen LogP contribution in [0.2, 0.25) is 0 Å². The summed E-state index contributed by atoms with van der Waals surface area (Å²) in [6.07, 6.45) is 7.30. The van der Waals surface area contributed by atoms with Gasteiger partial charge in [-0.05, 0) is 25.0 Å². The molecule has 1 aromatic rings. The van der Waals surface area contributed by atoms with Gasteiger partial charge in [-0.15, -0.1) is 0 Å². The highest BCUT2D eigenvalue weighted by Crippen LogP contribution is 2.25. The standard InChI is InChI=1S/C15H20N2O3/c1-11(15(19)20)10-17(13-4-2-3-5-13)14(18)12-6-8-16-9-7-12/h6-9,11,13H,2-5,10H2,1H3,(H,19,20). The van der Waals surface area contributed by atoms with Gasteiger partial charge in [0.05, 0.1) is 5.92 Å². The molecule has 1 aliphatic rings. The number of nitrogens with zero attached hydrogens (tertiary/aromatic N) is 2. The number of rotatable bonds is 5. The predicted molar refractivity (Wildman–Crippen MR) is 74.3 cm³/mol. The lowest BCUT2D eigenvalue weighted by atomic mass is 10.1. The molecule has 1 fully saturated rings. The van der Waals surface area contributed by atoms with Gasteiger partial charge in [-0.25, -0.2) is 0 Å². The molecule has 108 valence electrons. The van der Waals surface area contributed by atoms with Crippen molar-refractivity contribution in [2.24, 2.45) is 5.92 Å². The second-order valence-electron chi connectivity index (χ2n) is 5.37. The third kappa shape index (κ3) is 3.35. The van der Waals surface area contributed by atoms with Crippen molar-refractivity contribution in [3.8, 4) is 0 Å². The molecule has 0 radical (unpaired) electrons. The number of carbonyl (C=O) groups is 2. The van der Waals surface area contributed by atoms with E-state index in [2.05, 4.69) is 4.98 Å². The Bertz CT molecular complexity index is 469. The Morgan fingerprint density at radius 2 is 1.95 bits per heavy atom. The molecule has 2 rings (SSSR count). The molecule has 20 heavy (non-hydrogen) atoms. The van der Waals surface area contributed by atoms with E-state index < -0.39 is 11.9 Å². The number of hydrogen-bond acceptors (Lipinski definition) is 3. The Morgan fingerprint density at radius 1 is 1.35 bits per heavy atom. The van der Waals surface area contributed by atoms with Crippen molar-refractivity contribution in [3.05, 3.63) is 30.1 Å². The van der Waals surface area contributed by atoms with Crippen molar-refractivity contribution >= 4 is 11.9 Å². The second kappa shape index (κ2) is 6.50. The van der Waals surface area contributed by atoms with Crippen LogP contribution in [0.1, 0.15) is 43.0 Å². The van der Waals surface area contributed by atoms with Gasteiger partial charge >= 0.3 is 5.97 Å². The fraction of sp³-hybridized carbons (Fsp3) is 0.533. The minimum atomic E-state index is -0.865. The van der Waals surface area contributed by atoms with Crippen LogP contribution < -0.4 is 0 Å². The van der Waals surface area contributed by atoms with Crippen LogP contribution in [-0.2, 0) is 4.79 Å². The zero-order valence-electron chi connectivity index (χ0n) is 11.7. The van der Waals surface area contributed by atoms with Crippen LogP contribution in [0.15, 0.2) is 24.5 Å². The SMILES string of the molecule is CC(CN(C(=O)c1ccncc1)C1CCCC1)C(=O)O. The van der Waals surface area contributed by atoms with Crippen LogP contribution in [0.25, 0.3) is 0 Å². The average molecular weight is 276 g/mol. The van der Waals surface area contributed by atoms with E-state index in [0.717, 1.165) is 25.7 Å². The van der Waals surface area contributed by atoms with Gasteiger partial charge in [-0.3, -0.25) is 14.6 Å². The smallest absolute Gasteiger partial charge is 0.308 e. The first-order valence-electron chi connectivity index (χ1n) is 7.03. The summed E-state index contributed by atoms with van der Waals surface area (Å²) in [6, 6.07) is 3.52. The van der Waals surface area contributed by atoms with E-state index in [-0.39, 0.29) is 18.5 Å². The van der Waals surface area contributed by atoms with Crippen LogP contribution in [0.4, 0.5) is 0 Å². The third-order valence-electron chi connectivity index (χ3n) is 3.85. The average Bonchev–Trinajstić information content (AvgIpc) is 2.98. The van der Waals surface area contributed by atoms with Gasteiger partial charge in [0.25, 0.3) is 5.91 Å². The van der Waals surface area contributed by atoms with E-state index in [1.54, 1.807) is 36.4 Å². The van der Waals surface area contributed by atoms with Gasteiger partial charge in [-0.1, -0.05) is 19.8 Å². The van der Waals surface area contributed by atoms with E-state index in [0.29, 0.717) is 5.56 Å². The van der Waals surface area contributed by atoms with Crippen molar-refractivity contribution in [2.75, 3.05) is 6.54 Å². The molecule has 1 heterocycles. The summed E-state index contributed by atoms with van der Waals surface area (Å²) in [5, 5.41) is 9.08. The van der Waals surface area contributed by atoms with Crippen LogP contribution in [-0.4, -0.2) is 39.5 Å². The Kier molecular flexibility index (Phi) is 4.71. The van der Waals surface area contributed by atoms with E-state index >= 15 is 0 Å². The molecule has 1 saturated carbocycles. The largest absolute Gasteiger partial charge is 0.481 e. The van der Waals surface area contributed by atoms with Crippen molar-refractivity contribution in [1.82, 2.24) is 9.88 Å². The topological polar surface area (TPSA) is 70.5 Å². The number of amides is 1. The van der Waals surface area contributed by atoms with Gasteiger partial charge < -0.3 is 10.0 Å². The molecule has 1 aliphatic carbocycles. The van der Waals surface area contributed by atoms with Crippen LogP contribution >= 0.6 is 0 Å². The first kappa shape index (κ1) is 14.5. The molecule has 0 spiro atoms. The normalized spacial score (nSPS) is 16.9. The fourth-order valence-corrected chi connectivity index (χ4v) is 2.65. The van der Waals surface area contributed by atoms with E-state index in [9.17, 15) is 9.59 Å². The minimum Gasteiger partial charge on any atom is -0.481 e. The summed E-state index contributed by atoms with van der Waals surface area (Å²) in [7, 11) is 0. The lowest BCUT2D eigenvalue weighted by Gasteiger charge is -2.30. The zero-order valence-corrected chi connectivity index (χ0v) is 11.7. The molecular formula is C15H20N2O3. The quantitative estimate of drug-likeness (QED) is 0.895. The predicted octanol–water partition coefficient (Wildman–Crippen LogP) is 2.19. The van der Waals surface area contributed by atoms with Gasteiger partial charge in [0.2, 0.25) is 0 Å². The maximum atomic E-state index is 12.6. The first-order valence-corrected chi connectivity index (χ1v) is 7.03. The number of carbonyl (C=O) groups excluding carboxylic acids is 1. The van der Waals surface area contributed by atoms with Gasteiger partial charge in [0.15, 0.2) is 0 Å². The fourth-order valence-electron chi connectivity index (χ4n) is 2.65.